The Morgan fingerprint density at radius 1 is 0.706 bits per heavy atom. The summed E-state index contributed by atoms with van der Waals surface area (Å²) in [7, 11) is 0. The summed E-state index contributed by atoms with van der Waals surface area (Å²) in [5, 5.41) is 3.10. The van der Waals surface area contributed by atoms with Crippen molar-refractivity contribution in [3.05, 3.63) is 0 Å². The van der Waals surface area contributed by atoms with Gasteiger partial charge in [-0.25, -0.2) is 0 Å². The standard InChI is InChI=1S/C14H24S3/c1-14(8-15-11-2-3-11,9-16-12-4-5-12)10-17-13-6-7-13/h11-13H,2-10H2,1H3. The zero-order chi connectivity index (χ0) is 11.7. The van der Waals surface area contributed by atoms with Crippen molar-refractivity contribution in [3.8, 4) is 0 Å². The molecule has 0 radical (unpaired) electrons. The number of hydrogen-bond acceptors (Lipinski definition) is 3. The molecule has 0 aromatic heterocycles. The van der Waals surface area contributed by atoms with Gasteiger partial charge in [0.2, 0.25) is 0 Å². The van der Waals surface area contributed by atoms with Crippen LogP contribution in [0.2, 0.25) is 0 Å². The summed E-state index contributed by atoms with van der Waals surface area (Å²) in [5.74, 6) is 4.24. The van der Waals surface area contributed by atoms with Crippen molar-refractivity contribution < 1.29 is 0 Å². The van der Waals surface area contributed by atoms with E-state index in [1.165, 1.54) is 55.8 Å². The fourth-order valence-corrected chi connectivity index (χ4v) is 6.11. The summed E-state index contributed by atoms with van der Waals surface area (Å²) in [4.78, 5) is 0. The highest BCUT2D eigenvalue weighted by molar-refractivity contribution is 8.02. The van der Waals surface area contributed by atoms with Gasteiger partial charge >= 0.3 is 0 Å². The lowest BCUT2D eigenvalue weighted by Gasteiger charge is -2.29. The van der Waals surface area contributed by atoms with Crippen molar-refractivity contribution >= 4 is 35.3 Å². The van der Waals surface area contributed by atoms with Gasteiger partial charge in [-0.3, -0.25) is 0 Å². The summed E-state index contributed by atoms with van der Waals surface area (Å²) < 4.78 is 0. The van der Waals surface area contributed by atoms with Crippen LogP contribution in [0.25, 0.3) is 0 Å². The molecule has 3 heteroatoms. The van der Waals surface area contributed by atoms with Crippen LogP contribution >= 0.6 is 35.3 Å². The molecule has 0 aromatic rings. The first-order chi connectivity index (χ1) is 8.23. The largest absolute Gasteiger partial charge is 0.158 e. The van der Waals surface area contributed by atoms with E-state index in [0.717, 1.165) is 15.7 Å². The second-order valence-electron chi connectivity index (χ2n) is 6.34. The van der Waals surface area contributed by atoms with Crippen LogP contribution in [0.15, 0.2) is 0 Å². The van der Waals surface area contributed by atoms with Gasteiger partial charge in [-0.1, -0.05) is 6.92 Å². The van der Waals surface area contributed by atoms with E-state index in [1.54, 1.807) is 0 Å². The number of hydrogen-bond donors (Lipinski definition) is 0. The Balaban J connectivity index is 1.43. The maximum atomic E-state index is 2.55. The van der Waals surface area contributed by atoms with Gasteiger partial charge in [0.05, 0.1) is 0 Å². The first-order valence-electron chi connectivity index (χ1n) is 7.08. The van der Waals surface area contributed by atoms with E-state index >= 15 is 0 Å². The molecular weight excluding hydrogens is 264 g/mol. The smallest absolute Gasteiger partial charge is 0.00480 e. The molecule has 0 spiro atoms. The van der Waals surface area contributed by atoms with Crippen molar-refractivity contribution in [1.29, 1.82) is 0 Å². The van der Waals surface area contributed by atoms with Gasteiger partial charge in [0, 0.05) is 33.0 Å². The molecule has 17 heavy (non-hydrogen) atoms. The molecule has 3 aliphatic rings. The van der Waals surface area contributed by atoms with E-state index in [2.05, 4.69) is 42.2 Å². The van der Waals surface area contributed by atoms with Gasteiger partial charge in [0.1, 0.15) is 0 Å². The van der Waals surface area contributed by atoms with E-state index in [1.807, 2.05) is 0 Å². The summed E-state index contributed by atoms with van der Waals surface area (Å²) in [6.07, 6.45) is 8.95. The highest BCUT2D eigenvalue weighted by Crippen LogP contribution is 2.45. The van der Waals surface area contributed by atoms with Crippen LogP contribution < -0.4 is 0 Å². The summed E-state index contributed by atoms with van der Waals surface area (Å²) in [6, 6.07) is 0. The van der Waals surface area contributed by atoms with Gasteiger partial charge in [-0.2, -0.15) is 35.3 Å². The highest BCUT2D eigenvalue weighted by atomic mass is 32.2. The third-order valence-electron chi connectivity index (χ3n) is 3.58. The van der Waals surface area contributed by atoms with Crippen molar-refractivity contribution in [2.24, 2.45) is 5.41 Å². The Hall–Kier alpha value is 1.05. The van der Waals surface area contributed by atoms with Crippen molar-refractivity contribution in [2.45, 2.75) is 61.2 Å². The van der Waals surface area contributed by atoms with E-state index < -0.39 is 0 Å². The predicted octanol–water partition coefficient (Wildman–Crippen LogP) is 4.68. The molecule has 3 saturated carbocycles. The van der Waals surface area contributed by atoms with Crippen LogP contribution in [0.3, 0.4) is 0 Å². The molecule has 0 saturated heterocycles. The molecule has 3 aliphatic carbocycles. The van der Waals surface area contributed by atoms with Crippen LogP contribution in [0.5, 0.6) is 0 Å². The van der Waals surface area contributed by atoms with E-state index in [9.17, 15) is 0 Å². The Morgan fingerprint density at radius 2 is 1.00 bits per heavy atom. The fourth-order valence-electron chi connectivity index (χ4n) is 1.79. The predicted molar refractivity (Wildman–Crippen MR) is 84.5 cm³/mol. The maximum Gasteiger partial charge on any atom is 0.00480 e. The summed E-state index contributed by atoms with van der Waals surface area (Å²) in [6.45, 7) is 2.55. The van der Waals surface area contributed by atoms with Crippen LogP contribution in [0.1, 0.15) is 45.4 Å². The Labute approximate surface area is 119 Å². The first-order valence-corrected chi connectivity index (χ1v) is 10.2. The van der Waals surface area contributed by atoms with Crippen LogP contribution in [0.4, 0.5) is 0 Å². The molecule has 0 N–H and O–H groups in total. The molecule has 0 nitrogen and oxygen atoms in total. The van der Waals surface area contributed by atoms with E-state index in [4.69, 9.17) is 0 Å². The van der Waals surface area contributed by atoms with Gasteiger partial charge < -0.3 is 0 Å². The van der Waals surface area contributed by atoms with Crippen LogP contribution in [0, 0.1) is 5.41 Å². The lowest BCUT2D eigenvalue weighted by Crippen LogP contribution is -2.27. The fraction of sp³-hybridized carbons (Fsp3) is 1.00. The molecule has 0 aromatic carbocycles. The third kappa shape index (κ3) is 4.91. The normalized spacial score (nSPS) is 25.2. The van der Waals surface area contributed by atoms with Gasteiger partial charge in [-0.05, 0) is 43.9 Å². The summed E-state index contributed by atoms with van der Waals surface area (Å²) in [5.41, 5.74) is 0.605. The van der Waals surface area contributed by atoms with Crippen LogP contribution in [-0.4, -0.2) is 33.0 Å². The minimum Gasteiger partial charge on any atom is -0.158 e. The van der Waals surface area contributed by atoms with Crippen molar-refractivity contribution in [2.75, 3.05) is 17.3 Å². The lowest BCUT2D eigenvalue weighted by atomic mass is 9.99. The number of thioether (sulfide) groups is 3. The molecule has 3 rings (SSSR count). The quantitative estimate of drug-likeness (QED) is 0.604. The second kappa shape index (κ2) is 5.58. The molecule has 0 unspecified atom stereocenters. The van der Waals surface area contributed by atoms with E-state index in [-0.39, 0.29) is 0 Å². The molecule has 0 atom stereocenters. The topological polar surface area (TPSA) is 0 Å². The third-order valence-corrected chi connectivity index (χ3v) is 8.99. The minimum absolute atomic E-state index is 0.605. The van der Waals surface area contributed by atoms with Gasteiger partial charge in [-0.15, -0.1) is 0 Å². The zero-order valence-corrected chi connectivity index (χ0v) is 13.3. The summed E-state index contributed by atoms with van der Waals surface area (Å²) >= 11 is 6.80. The molecule has 3 fully saturated rings. The monoisotopic (exact) mass is 288 g/mol. The highest BCUT2D eigenvalue weighted by Gasteiger charge is 2.34. The average molecular weight is 289 g/mol. The van der Waals surface area contributed by atoms with Crippen molar-refractivity contribution in [1.82, 2.24) is 0 Å². The molecule has 98 valence electrons. The molecular formula is C14H24S3. The maximum absolute atomic E-state index is 2.55. The zero-order valence-electron chi connectivity index (χ0n) is 10.8. The van der Waals surface area contributed by atoms with E-state index in [0.29, 0.717) is 5.41 Å². The second-order valence-corrected chi connectivity index (χ2v) is 10.2. The number of rotatable bonds is 9. The molecule has 0 amide bonds. The molecule has 0 heterocycles. The SMILES string of the molecule is CC(CSC1CC1)(CSC1CC1)CSC1CC1. The lowest BCUT2D eigenvalue weighted by molar-refractivity contribution is 0.503. The molecule has 0 aliphatic heterocycles. The minimum atomic E-state index is 0.605. The van der Waals surface area contributed by atoms with Crippen LogP contribution in [-0.2, 0) is 0 Å². The Morgan fingerprint density at radius 3 is 1.24 bits per heavy atom. The average Bonchev–Trinajstić information content (AvgIpc) is 3.17. The van der Waals surface area contributed by atoms with Gasteiger partial charge in [0.25, 0.3) is 0 Å². The Kier molecular flexibility index (Phi) is 4.29. The first kappa shape index (κ1) is 13.1. The molecule has 0 bridgehead atoms. The van der Waals surface area contributed by atoms with Crippen molar-refractivity contribution in [3.63, 3.8) is 0 Å². The Bertz CT molecular complexity index is 213. The van der Waals surface area contributed by atoms with Gasteiger partial charge in [0.15, 0.2) is 0 Å².